The Balaban J connectivity index is 0.823. The molecule has 4 heteroatoms. The van der Waals surface area contributed by atoms with Gasteiger partial charge >= 0.3 is 0 Å². The number of nitrogens with zero attached hydrogens (tertiary/aromatic N) is 4. The molecule has 1 aliphatic carbocycles. The maximum atomic E-state index is 2.53. The summed E-state index contributed by atoms with van der Waals surface area (Å²) in [5.74, 6) is 0. The number of aryl methyl sites for hydroxylation is 4. The number of anilines is 6. The first-order chi connectivity index (χ1) is 42.6. The third kappa shape index (κ3) is 8.42. The Morgan fingerprint density at radius 3 is 1.28 bits per heavy atom. The van der Waals surface area contributed by atoms with E-state index in [4.69, 9.17) is 0 Å². The van der Waals surface area contributed by atoms with Gasteiger partial charge in [0.1, 0.15) is 0 Å². The Morgan fingerprint density at radius 1 is 0.287 bits per heavy atom. The van der Waals surface area contributed by atoms with E-state index in [1.54, 1.807) is 0 Å². The van der Waals surface area contributed by atoms with Crippen molar-refractivity contribution in [2.75, 3.05) is 9.80 Å². The molecule has 0 saturated heterocycles. The molecular weight excluding hydrogens is 1050 g/mol. The van der Waals surface area contributed by atoms with Gasteiger partial charge in [0.15, 0.2) is 0 Å². The molecule has 2 aromatic heterocycles. The van der Waals surface area contributed by atoms with Gasteiger partial charge < -0.3 is 18.9 Å². The van der Waals surface area contributed by atoms with Crippen LogP contribution in [-0.2, 0) is 5.41 Å². The largest absolute Gasteiger partial charge is 0.310 e. The van der Waals surface area contributed by atoms with Gasteiger partial charge in [0.2, 0.25) is 0 Å². The molecule has 0 N–H and O–H groups in total. The van der Waals surface area contributed by atoms with Gasteiger partial charge in [0.05, 0.1) is 27.8 Å². The second kappa shape index (κ2) is 20.3. The van der Waals surface area contributed by atoms with Gasteiger partial charge in [-0.25, -0.2) is 0 Å². The molecule has 4 nitrogen and oxygen atoms in total. The summed E-state index contributed by atoms with van der Waals surface area (Å²) in [6, 6.07) is 104. The Kier molecular flexibility index (Phi) is 12.1. The summed E-state index contributed by atoms with van der Waals surface area (Å²) in [4.78, 5) is 5.01. The van der Waals surface area contributed by atoms with Gasteiger partial charge in [-0.3, -0.25) is 0 Å². The lowest BCUT2D eigenvalue weighted by Gasteiger charge is -2.31. The highest BCUT2D eigenvalue weighted by molar-refractivity contribution is 6.13. The molecule has 0 unspecified atom stereocenters. The van der Waals surface area contributed by atoms with E-state index in [0.29, 0.717) is 0 Å². The zero-order chi connectivity index (χ0) is 58.7. The zero-order valence-corrected chi connectivity index (χ0v) is 49.8. The molecule has 87 heavy (non-hydrogen) atoms. The fourth-order valence-electron chi connectivity index (χ4n) is 14.5. The lowest BCUT2D eigenvalue weighted by Crippen LogP contribution is -2.18. The predicted molar refractivity (Wildman–Crippen MR) is 369 cm³/mol. The van der Waals surface area contributed by atoms with Crippen molar-refractivity contribution in [2.45, 2.75) is 47.0 Å². The normalized spacial score (nSPS) is 12.6. The van der Waals surface area contributed by atoms with Gasteiger partial charge in [0.25, 0.3) is 0 Å². The summed E-state index contributed by atoms with van der Waals surface area (Å²) in [5.41, 5.74) is 28.4. The second-order valence-corrected chi connectivity index (χ2v) is 24.4. The summed E-state index contributed by atoms with van der Waals surface area (Å²) in [5, 5.41) is 7.42. The van der Waals surface area contributed by atoms with Crippen LogP contribution in [0, 0.1) is 27.7 Å². The van der Waals surface area contributed by atoms with Crippen LogP contribution in [0.15, 0.2) is 279 Å². The number of hydrogen-bond acceptors (Lipinski definition) is 2. The van der Waals surface area contributed by atoms with Crippen LogP contribution in [0.25, 0.3) is 99.1 Å². The maximum absolute atomic E-state index is 2.53. The Morgan fingerprint density at radius 2 is 0.736 bits per heavy atom. The van der Waals surface area contributed by atoms with E-state index in [9.17, 15) is 0 Å². The van der Waals surface area contributed by atoms with Crippen molar-refractivity contribution in [3.63, 3.8) is 0 Å². The van der Waals surface area contributed by atoms with E-state index in [1.165, 1.54) is 121 Å². The molecule has 0 aliphatic heterocycles. The summed E-state index contributed by atoms with van der Waals surface area (Å²) in [7, 11) is 0. The number of para-hydroxylation sites is 4. The molecule has 13 aromatic carbocycles. The van der Waals surface area contributed by atoms with Crippen molar-refractivity contribution in [2.24, 2.45) is 0 Å². The van der Waals surface area contributed by atoms with Gasteiger partial charge in [-0.15, -0.1) is 0 Å². The smallest absolute Gasteiger partial charge is 0.0543 e. The molecule has 0 fully saturated rings. The number of fused-ring (bicyclic) bond motifs is 11. The van der Waals surface area contributed by atoms with Gasteiger partial charge in [0, 0.05) is 72.2 Å². The summed E-state index contributed by atoms with van der Waals surface area (Å²) in [6.45, 7) is 13.7. The third-order valence-corrected chi connectivity index (χ3v) is 18.6. The predicted octanol–water partition coefficient (Wildman–Crippen LogP) is 22.8. The second-order valence-electron chi connectivity index (χ2n) is 24.4. The first kappa shape index (κ1) is 51.9. The SMILES string of the molecule is Cc1ccc(N(c2cccc(-c3ccc4c(c3)c3ccccc3n4-c3ccccc3)c2)c2ccc3c(c2)C(C)(C)c2cc(N(c4cccc(-c5ccc6c(c5)c5ccccc5n6-c5ccccc5)c4)c4ccc(C)cc4C)c4ccccc4c2-3)c(C)c1. The van der Waals surface area contributed by atoms with Crippen LogP contribution in [0.1, 0.15) is 47.2 Å². The number of benzene rings is 13. The number of hydrogen-bond donors (Lipinski definition) is 0. The third-order valence-electron chi connectivity index (χ3n) is 18.6. The molecule has 0 amide bonds. The van der Waals surface area contributed by atoms with Crippen molar-refractivity contribution in [3.8, 4) is 44.8 Å². The van der Waals surface area contributed by atoms with Crippen LogP contribution >= 0.6 is 0 Å². The highest BCUT2D eigenvalue weighted by atomic mass is 15.2. The molecular formula is C83H64N4. The Hall–Kier alpha value is -10.7. The highest BCUT2D eigenvalue weighted by Crippen LogP contribution is 2.56. The molecule has 0 spiro atoms. The van der Waals surface area contributed by atoms with Crippen LogP contribution in [0.5, 0.6) is 0 Å². The molecule has 416 valence electrons. The van der Waals surface area contributed by atoms with Crippen LogP contribution < -0.4 is 9.80 Å². The van der Waals surface area contributed by atoms with E-state index in [2.05, 4.69) is 340 Å². The molecule has 0 atom stereocenters. The molecule has 15 aromatic rings. The van der Waals surface area contributed by atoms with E-state index in [1.807, 2.05) is 0 Å². The average Bonchev–Trinajstić information content (AvgIpc) is 1.66. The Bertz CT molecular complexity index is 5250. The number of aromatic nitrogens is 2. The number of rotatable bonds is 10. The molecule has 1 aliphatic rings. The van der Waals surface area contributed by atoms with Crippen molar-refractivity contribution in [3.05, 3.63) is 312 Å². The Labute approximate surface area is 508 Å². The standard InChI is InChI=1S/C83H64N4/c1-53-35-41-75(55(3)45-53)84(63-27-19-21-57(47-63)59-37-43-79-71(49-59)67-30-15-17-33-77(67)85(79)61-23-9-7-10-24-61)65-39-40-70-73(51-65)83(5,6)74-52-81(66-29-13-14-32-69(66)82(70)74)87(76-42-36-54(2)46-56(76)4)64-28-20-22-58(48-64)60-38-44-80-72(50-60)68-31-16-18-34-78(68)86(80)62-25-11-8-12-26-62/h7-52H,1-6H3. The van der Waals surface area contributed by atoms with Crippen molar-refractivity contribution in [1.29, 1.82) is 0 Å². The molecule has 0 radical (unpaired) electrons. The zero-order valence-electron chi connectivity index (χ0n) is 49.8. The van der Waals surface area contributed by atoms with E-state index in [0.717, 1.165) is 45.5 Å². The average molecular weight is 1120 g/mol. The van der Waals surface area contributed by atoms with Crippen LogP contribution in [-0.4, -0.2) is 9.13 Å². The first-order valence-corrected chi connectivity index (χ1v) is 30.4. The van der Waals surface area contributed by atoms with Crippen LogP contribution in [0.3, 0.4) is 0 Å². The van der Waals surface area contributed by atoms with E-state index >= 15 is 0 Å². The van der Waals surface area contributed by atoms with Crippen LogP contribution in [0.2, 0.25) is 0 Å². The van der Waals surface area contributed by atoms with Gasteiger partial charge in [-0.2, -0.15) is 0 Å². The van der Waals surface area contributed by atoms with Crippen molar-refractivity contribution >= 4 is 88.5 Å². The van der Waals surface area contributed by atoms with E-state index in [-0.39, 0.29) is 5.41 Å². The fraction of sp³-hybridized carbons (Fsp3) is 0.0843. The minimum atomic E-state index is -0.367. The summed E-state index contributed by atoms with van der Waals surface area (Å²) >= 11 is 0. The van der Waals surface area contributed by atoms with Crippen molar-refractivity contribution < 1.29 is 0 Å². The lowest BCUT2D eigenvalue weighted by atomic mass is 9.81. The summed E-state index contributed by atoms with van der Waals surface area (Å²) < 4.78 is 4.78. The van der Waals surface area contributed by atoms with E-state index < -0.39 is 0 Å². The summed E-state index contributed by atoms with van der Waals surface area (Å²) in [6.07, 6.45) is 0. The molecule has 2 heterocycles. The lowest BCUT2D eigenvalue weighted by molar-refractivity contribution is 0.661. The highest BCUT2D eigenvalue weighted by Gasteiger charge is 2.39. The first-order valence-electron chi connectivity index (χ1n) is 30.4. The van der Waals surface area contributed by atoms with Gasteiger partial charge in [-0.05, 0) is 204 Å². The minimum Gasteiger partial charge on any atom is -0.310 e. The molecule has 0 bridgehead atoms. The quantitative estimate of drug-likeness (QED) is 0.136. The molecule has 0 saturated carbocycles. The fourth-order valence-corrected chi connectivity index (χ4v) is 14.5. The minimum absolute atomic E-state index is 0.367. The topological polar surface area (TPSA) is 16.3 Å². The van der Waals surface area contributed by atoms with Gasteiger partial charge in [-0.1, -0.05) is 189 Å². The van der Waals surface area contributed by atoms with Crippen molar-refractivity contribution in [1.82, 2.24) is 9.13 Å². The maximum Gasteiger partial charge on any atom is 0.0543 e. The monoisotopic (exact) mass is 1120 g/mol. The molecule has 16 rings (SSSR count). The van der Waals surface area contributed by atoms with Crippen LogP contribution in [0.4, 0.5) is 34.1 Å².